The first-order valence-corrected chi connectivity index (χ1v) is 23.3. The lowest BCUT2D eigenvalue weighted by molar-refractivity contribution is -0.332. The predicted molar refractivity (Wildman–Crippen MR) is 224 cm³/mol. The molecule has 0 aromatic carbocycles. The Hall–Kier alpha value is -1.76. The number of ether oxygens (including phenoxy) is 6. The van der Waals surface area contributed by atoms with Crippen molar-refractivity contribution in [3.8, 4) is 0 Å². The van der Waals surface area contributed by atoms with E-state index >= 15 is 0 Å². The third-order valence-electron chi connectivity index (χ3n) is 11.2. The van der Waals surface area contributed by atoms with Crippen LogP contribution >= 0.6 is 0 Å². The molecule has 11 atom stereocenters. The van der Waals surface area contributed by atoms with Crippen LogP contribution in [-0.2, 0) is 38.0 Å². The van der Waals surface area contributed by atoms with Crippen LogP contribution in [0.3, 0.4) is 0 Å². The monoisotopic (exact) mass is 863 g/mol. The topological polar surface area (TPSA) is 231 Å². The maximum Gasteiger partial charge on any atom is 0.306 e. The van der Waals surface area contributed by atoms with E-state index in [1.54, 1.807) is 0 Å². The molecular weight excluding hydrogens is 780 g/mol. The van der Waals surface area contributed by atoms with Crippen molar-refractivity contribution < 1.29 is 73.8 Å². The van der Waals surface area contributed by atoms with E-state index in [0.29, 0.717) is 12.8 Å². The van der Waals surface area contributed by atoms with E-state index in [1.165, 1.54) is 70.6 Å². The van der Waals surface area contributed by atoms with E-state index in [0.717, 1.165) is 57.8 Å². The number of unbranched alkanes of at least 4 members (excludes halogenated alkanes) is 19. The zero-order chi connectivity index (χ0) is 44.0. The van der Waals surface area contributed by atoms with Crippen molar-refractivity contribution >= 4 is 11.9 Å². The fraction of sp³-hybridized carbons (Fsp3) is 0.911. The molecular formula is C45H82O15. The second-order valence-corrected chi connectivity index (χ2v) is 16.6. The maximum absolute atomic E-state index is 12.9. The molecule has 2 saturated heterocycles. The number of aliphatic hydroxyl groups is 7. The lowest BCUT2D eigenvalue weighted by Gasteiger charge is -2.42. The second kappa shape index (κ2) is 33.8. The summed E-state index contributed by atoms with van der Waals surface area (Å²) < 4.78 is 33.4. The minimum Gasteiger partial charge on any atom is -0.462 e. The van der Waals surface area contributed by atoms with Gasteiger partial charge in [-0.25, -0.2) is 0 Å². The first kappa shape index (κ1) is 54.4. The first-order valence-electron chi connectivity index (χ1n) is 23.3. The van der Waals surface area contributed by atoms with Gasteiger partial charge in [0, 0.05) is 12.8 Å². The normalized spacial score (nSPS) is 27.6. The first-order chi connectivity index (χ1) is 29.0. The van der Waals surface area contributed by atoms with Crippen molar-refractivity contribution in [2.45, 2.75) is 235 Å². The molecule has 0 amide bonds. The summed E-state index contributed by atoms with van der Waals surface area (Å²) in [7, 11) is 0. The van der Waals surface area contributed by atoms with Crippen LogP contribution in [0.25, 0.3) is 0 Å². The largest absolute Gasteiger partial charge is 0.462 e. The van der Waals surface area contributed by atoms with Crippen molar-refractivity contribution in [1.29, 1.82) is 0 Å². The minimum absolute atomic E-state index is 0.158. The number of allylic oxidation sites excluding steroid dienone is 2. The molecule has 0 radical (unpaired) electrons. The predicted octanol–water partition coefficient (Wildman–Crippen LogP) is 5.04. The van der Waals surface area contributed by atoms with E-state index in [2.05, 4.69) is 26.0 Å². The summed E-state index contributed by atoms with van der Waals surface area (Å²) in [6, 6.07) is 0. The fourth-order valence-corrected chi connectivity index (χ4v) is 7.33. The number of hydrogen-bond acceptors (Lipinski definition) is 15. The molecule has 2 aliphatic rings. The van der Waals surface area contributed by atoms with Gasteiger partial charge in [-0.2, -0.15) is 0 Å². The second-order valence-electron chi connectivity index (χ2n) is 16.6. The average Bonchev–Trinajstić information content (AvgIpc) is 3.24. The van der Waals surface area contributed by atoms with E-state index in [9.17, 15) is 45.3 Å². The van der Waals surface area contributed by atoms with Gasteiger partial charge in [-0.15, -0.1) is 0 Å². The van der Waals surface area contributed by atoms with Crippen molar-refractivity contribution in [3.05, 3.63) is 12.2 Å². The summed E-state index contributed by atoms with van der Waals surface area (Å²) in [5, 5.41) is 71.8. The summed E-state index contributed by atoms with van der Waals surface area (Å²) >= 11 is 0. The number of carbonyl (C=O) groups excluding carboxylic acids is 2. The van der Waals surface area contributed by atoms with Crippen LogP contribution < -0.4 is 0 Å². The van der Waals surface area contributed by atoms with Crippen molar-refractivity contribution in [2.75, 3.05) is 26.4 Å². The lowest BCUT2D eigenvalue weighted by atomic mass is 9.98. The molecule has 60 heavy (non-hydrogen) atoms. The molecule has 2 fully saturated rings. The van der Waals surface area contributed by atoms with Gasteiger partial charge in [0.25, 0.3) is 0 Å². The molecule has 2 aliphatic heterocycles. The zero-order valence-corrected chi connectivity index (χ0v) is 36.7. The van der Waals surface area contributed by atoms with Gasteiger partial charge in [0.15, 0.2) is 18.7 Å². The van der Waals surface area contributed by atoms with Crippen LogP contribution in [0, 0.1) is 0 Å². The number of esters is 2. The molecule has 0 saturated carbocycles. The average molecular weight is 863 g/mol. The van der Waals surface area contributed by atoms with Crippen LogP contribution in [0.5, 0.6) is 0 Å². The molecule has 15 nitrogen and oxygen atoms in total. The highest BCUT2D eigenvalue weighted by Gasteiger charge is 2.47. The molecule has 0 bridgehead atoms. The van der Waals surface area contributed by atoms with Gasteiger partial charge in [-0.05, 0) is 38.5 Å². The van der Waals surface area contributed by atoms with Gasteiger partial charge >= 0.3 is 11.9 Å². The molecule has 352 valence electrons. The Morgan fingerprint density at radius 3 is 1.48 bits per heavy atom. The fourth-order valence-electron chi connectivity index (χ4n) is 7.33. The number of aliphatic hydroxyl groups excluding tert-OH is 7. The summed E-state index contributed by atoms with van der Waals surface area (Å²) in [5.74, 6) is -0.932. The molecule has 0 aromatic rings. The van der Waals surface area contributed by atoms with E-state index in [4.69, 9.17) is 28.4 Å². The summed E-state index contributed by atoms with van der Waals surface area (Å²) in [6.07, 6.45) is 12.5. The highest BCUT2D eigenvalue weighted by atomic mass is 16.7. The number of carbonyl (C=O) groups is 2. The zero-order valence-electron chi connectivity index (χ0n) is 36.7. The Morgan fingerprint density at radius 2 is 0.950 bits per heavy atom. The quantitative estimate of drug-likeness (QED) is 0.0252. The van der Waals surface area contributed by atoms with E-state index < -0.39 is 92.7 Å². The third kappa shape index (κ3) is 22.5. The number of hydrogen-bond donors (Lipinski definition) is 7. The minimum atomic E-state index is -1.76. The Kier molecular flexibility index (Phi) is 30.6. The summed E-state index contributed by atoms with van der Waals surface area (Å²) in [6.45, 7) is 2.54. The molecule has 7 N–H and O–H groups in total. The number of rotatable bonds is 35. The highest BCUT2D eigenvalue weighted by molar-refractivity contribution is 5.70. The molecule has 0 aromatic heterocycles. The van der Waals surface area contributed by atoms with Crippen molar-refractivity contribution in [3.63, 3.8) is 0 Å². The van der Waals surface area contributed by atoms with Crippen LogP contribution in [0.1, 0.15) is 168 Å². The van der Waals surface area contributed by atoms with Crippen LogP contribution in [-0.4, -0.2) is 142 Å². The SMILES string of the molecule is CCCCCC/C=C/CCCCCCCC(=O)O[C@H](COC(=O)CCCCCCCCCCCCC)CO[C@@H]1O[C@H](CO[C@@H]2O[C@H](CO)[C@H](O)C(O)C2O)[C@H](O)C(O)C1O. The van der Waals surface area contributed by atoms with Gasteiger partial charge in [0.2, 0.25) is 0 Å². The molecule has 0 aliphatic carbocycles. The Bertz CT molecular complexity index is 1110. The summed E-state index contributed by atoms with van der Waals surface area (Å²) in [4.78, 5) is 25.6. The van der Waals surface area contributed by atoms with Crippen LogP contribution in [0.4, 0.5) is 0 Å². The summed E-state index contributed by atoms with van der Waals surface area (Å²) in [5.41, 5.74) is 0. The van der Waals surface area contributed by atoms with Gasteiger partial charge in [0.1, 0.15) is 55.4 Å². The lowest BCUT2D eigenvalue weighted by Crippen LogP contribution is -2.61. The van der Waals surface area contributed by atoms with Gasteiger partial charge in [0.05, 0.1) is 19.8 Å². The van der Waals surface area contributed by atoms with E-state index in [-0.39, 0.29) is 26.1 Å². The molecule has 2 rings (SSSR count). The van der Waals surface area contributed by atoms with Crippen LogP contribution in [0.15, 0.2) is 12.2 Å². The standard InChI is InChI=1S/C45H82O15/c1-3-5-7-9-11-13-15-16-18-20-22-24-26-28-37(48)58-33(30-55-36(47)27-25-23-21-19-17-14-12-10-8-6-4-2)31-56-44-43(54)41(52)39(50)35(60-44)32-57-45-42(53)40(51)38(49)34(29-46)59-45/h13,15,33-35,38-46,49-54H,3-12,14,16-32H2,1-2H3/b15-13+/t33-,34-,35-,38+,39+,40?,41?,42?,43?,44-,45-/m1/s1. The van der Waals surface area contributed by atoms with Crippen molar-refractivity contribution in [2.24, 2.45) is 0 Å². The van der Waals surface area contributed by atoms with E-state index in [1.807, 2.05) is 0 Å². The Balaban J connectivity index is 1.86. The highest BCUT2D eigenvalue weighted by Crippen LogP contribution is 2.26. The van der Waals surface area contributed by atoms with Gasteiger partial charge in [-0.1, -0.05) is 129 Å². The Labute approximate surface area is 359 Å². The molecule has 4 unspecified atom stereocenters. The molecule has 2 heterocycles. The van der Waals surface area contributed by atoms with Crippen LogP contribution in [0.2, 0.25) is 0 Å². The smallest absolute Gasteiger partial charge is 0.306 e. The molecule has 15 heteroatoms. The maximum atomic E-state index is 12.9. The van der Waals surface area contributed by atoms with Gasteiger partial charge < -0.3 is 64.2 Å². The third-order valence-corrected chi connectivity index (χ3v) is 11.2. The molecule has 0 spiro atoms. The van der Waals surface area contributed by atoms with Crippen molar-refractivity contribution in [1.82, 2.24) is 0 Å². The van der Waals surface area contributed by atoms with Gasteiger partial charge in [-0.3, -0.25) is 9.59 Å². The Morgan fingerprint density at radius 1 is 0.517 bits per heavy atom.